The fraction of sp³-hybridized carbons (Fsp3) is 1.00. The summed E-state index contributed by atoms with van der Waals surface area (Å²) in [6.07, 6.45) is 6.63. The molecule has 0 amide bonds. The summed E-state index contributed by atoms with van der Waals surface area (Å²) in [5.41, 5.74) is 6.34. The van der Waals surface area contributed by atoms with Crippen molar-refractivity contribution in [2.45, 2.75) is 71.0 Å². The summed E-state index contributed by atoms with van der Waals surface area (Å²) in [5.74, 6) is 1.79. The Bertz CT molecular complexity index is 229. The molecule has 1 aliphatic carbocycles. The van der Waals surface area contributed by atoms with Crippen LogP contribution in [0.2, 0.25) is 0 Å². The van der Waals surface area contributed by atoms with Gasteiger partial charge in [-0.15, -0.1) is 0 Å². The summed E-state index contributed by atoms with van der Waals surface area (Å²) in [5, 5.41) is 0. The molecule has 5 unspecified atom stereocenters. The standard InChI is InChI=1S/C14H28N2/c1-4-12-5-6-13(15)14(8-12)16-9-10(2)7-11(16)3/h10-14H,4-9,15H2,1-3H3. The SMILES string of the molecule is CCC1CCC(N)C(N2CC(C)CC2C)C1. The van der Waals surface area contributed by atoms with Crippen molar-refractivity contribution in [1.29, 1.82) is 0 Å². The predicted molar refractivity (Wildman–Crippen MR) is 69.3 cm³/mol. The molecule has 2 fully saturated rings. The normalized spacial score (nSPS) is 46.1. The number of hydrogen-bond acceptors (Lipinski definition) is 2. The maximum absolute atomic E-state index is 6.34. The van der Waals surface area contributed by atoms with Crippen LogP contribution >= 0.6 is 0 Å². The molecule has 1 saturated heterocycles. The van der Waals surface area contributed by atoms with E-state index < -0.39 is 0 Å². The van der Waals surface area contributed by atoms with Crippen LogP contribution in [0.5, 0.6) is 0 Å². The summed E-state index contributed by atoms with van der Waals surface area (Å²) in [7, 11) is 0. The molecule has 94 valence electrons. The molecule has 5 atom stereocenters. The number of nitrogens with two attached hydrogens (primary N) is 1. The number of nitrogens with zero attached hydrogens (tertiary/aromatic N) is 1. The van der Waals surface area contributed by atoms with Gasteiger partial charge in [0.1, 0.15) is 0 Å². The average Bonchev–Trinajstić information content (AvgIpc) is 2.58. The average molecular weight is 224 g/mol. The molecule has 0 aromatic heterocycles. The molecule has 1 heterocycles. The third-order valence-corrected chi connectivity index (χ3v) is 4.81. The minimum absolute atomic E-state index is 0.426. The van der Waals surface area contributed by atoms with Gasteiger partial charge in [-0.1, -0.05) is 20.3 Å². The number of likely N-dealkylation sites (tertiary alicyclic amines) is 1. The van der Waals surface area contributed by atoms with E-state index in [2.05, 4.69) is 25.7 Å². The first-order chi connectivity index (χ1) is 7.61. The summed E-state index contributed by atoms with van der Waals surface area (Å²) in [6.45, 7) is 8.36. The van der Waals surface area contributed by atoms with Gasteiger partial charge in [-0.05, 0) is 44.4 Å². The Kier molecular flexibility index (Phi) is 3.91. The van der Waals surface area contributed by atoms with Crippen LogP contribution in [0.25, 0.3) is 0 Å². The summed E-state index contributed by atoms with van der Waals surface area (Å²) in [4.78, 5) is 2.71. The molecule has 0 aromatic rings. The topological polar surface area (TPSA) is 29.3 Å². The minimum Gasteiger partial charge on any atom is -0.326 e. The highest BCUT2D eigenvalue weighted by molar-refractivity contribution is 4.94. The van der Waals surface area contributed by atoms with Crippen molar-refractivity contribution in [3.63, 3.8) is 0 Å². The number of hydrogen-bond donors (Lipinski definition) is 1. The van der Waals surface area contributed by atoms with E-state index in [1.807, 2.05) is 0 Å². The second-order valence-electron chi connectivity index (χ2n) is 6.21. The van der Waals surface area contributed by atoms with Gasteiger partial charge >= 0.3 is 0 Å². The highest BCUT2D eigenvalue weighted by Crippen LogP contribution is 2.34. The Balaban J connectivity index is 2.00. The van der Waals surface area contributed by atoms with E-state index in [0.29, 0.717) is 12.1 Å². The summed E-state index contributed by atoms with van der Waals surface area (Å²) in [6, 6.07) is 1.84. The first-order valence-electron chi connectivity index (χ1n) is 7.13. The smallest absolute Gasteiger partial charge is 0.0252 e. The molecular formula is C14H28N2. The first kappa shape index (κ1) is 12.4. The van der Waals surface area contributed by atoms with Gasteiger partial charge in [-0.2, -0.15) is 0 Å². The van der Waals surface area contributed by atoms with Crippen molar-refractivity contribution in [3.8, 4) is 0 Å². The molecule has 2 aliphatic rings. The summed E-state index contributed by atoms with van der Waals surface area (Å²) >= 11 is 0. The summed E-state index contributed by atoms with van der Waals surface area (Å²) < 4.78 is 0. The number of rotatable bonds is 2. The minimum atomic E-state index is 0.426. The largest absolute Gasteiger partial charge is 0.326 e. The molecule has 2 rings (SSSR count). The fourth-order valence-corrected chi connectivity index (χ4v) is 3.80. The van der Waals surface area contributed by atoms with E-state index in [1.54, 1.807) is 0 Å². The van der Waals surface area contributed by atoms with Crippen LogP contribution in [-0.2, 0) is 0 Å². The van der Waals surface area contributed by atoms with E-state index in [9.17, 15) is 0 Å². The van der Waals surface area contributed by atoms with E-state index in [4.69, 9.17) is 5.73 Å². The Hall–Kier alpha value is -0.0800. The van der Waals surface area contributed by atoms with Crippen LogP contribution < -0.4 is 5.73 Å². The highest BCUT2D eigenvalue weighted by atomic mass is 15.2. The zero-order valence-corrected chi connectivity index (χ0v) is 11.2. The van der Waals surface area contributed by atoms with Gasteiger partial charge in [0.25, 0.3) is 0 Å². The molecule has 2 heteroatoms. The van der Waals surface area contributed by atoms with Crippen LogP contribution in [0.3, 0.4) is 0 Å². The van der Waals surface area contributed by atoms with Crippen molar-refractivity contribution in [1.82, 2.24) is 4.90 Å². The van der Waals surface area contributed by atoms with E-state index in [-0.39, 0.29) is 0 Å². The second-order valence-corrected chi connectivity index (χ2v) is 6.21. The lowest BCUT2D eigenvalue weighted by molar-refractivity contribution is 0.103. The van der Waals surface area contributed by atoms with E-state index >= 15 is 0 Å². The molecule has 1 aliphatic heterocycles. The van der Waals surface area contributed by atoms with Gasteiger partial charge in [0, 0.05) is 24.7 Å². The van der Waals surface area contributed by atoms with Gasteiger partial charge in [-0.25, -0.2) is 0 Å². The molecule has 0 spiro atoms. The van der Waals surface area contributed by atoms with Gasteiger partial charge < -0.3 is 5.73 Å². The molecule has 16 heavy (non-hydrogen) atoms. The van der Waals surface area contributed by atoms with Crippen LogP contribution in [0.15, 0.2) is 0 Å². The second kappa shape index (κ2) is 5.05. The molecule has 2 N–H and O–H groups in total. The zero-order chi connectivity index (χ0) is 11.7. The fourth-order valence-electron chi connectivity index (χ4n) is 3.80. The Morgan fingerprint density at radius 3 is 2.50 bits per heavy atom. The lowest BCUT2D eigenvalue weighted by Gasteiger charge is -2.41. The van der Waals surface area contributed by atoms with Crippen molar-refractivity contribution in [2.75, 3.05) is 6.54 Å². The maximum atomic E-state index is 6.34. The van der Waals surface area contributed by atoms with Crippen molar-refractivity contribution in [2.24, 2.45) is 17.6 Å². The van der Waals surface area contributed by atoms with Gasteiger partial charge in [0.2, 0.25) is 0 Å². The lowest BCUT2D eigenvalue weighted by atomic mass is 9.80. The van der Waals surface area contributed by atoms with E-state index in [1.165, 1.54) is 38.6 Å². The monoisotopic (exact) mass is 224 g/mol. The quantitative estimate of drug-likeness (QED) is 0.781. The molecule has 0 bridgehead atoms. The molecule has 0 aromatic carbocycles. The van der Waals surface area contributed by atoms with E-state index in [0.717, 1.165) is 17.9 Å². The van der Waals surface area contributed by atoms with Gasteiger partial charge in [-0.3, -0.25) is 4.90 Å². The predicted octanol–water partition coefficient (Wildman–Crippen LogP) is 2.62. The van der Waals surface area contributed by atoms with Crippen molar-refractivity contribution >= 4 is 0 Å². The van der Waals surface area contributed by atoms with Crippen LogP contribution in [-0.4, -0.2) is 29.6 Å². The Morgan fingerprint density at radius 2 is 1.94 bits per heavy atom. The third kappa shape index (κ3) is 2.43. The third-order valence-electron chi connectivity index (χ3n) is 4.81. The molecule has 1 saturated carbocycles. The zero-order valence-electron chi connectivity index (χ0n) is 11.2. The van der Waals surface area contributed by atoms with Crippen LogP contribution in [0, 0.1) is 11.8 Å². The Morgan fingerprint density at radius 1 is 1.19 bits per heavy atom. The van der Waals surface area contributed by atoms with Crippen molar-refractivity contribution < 1.29 is 0 Å². The lowest BCUT2D eigenvalue weighted by Crippen LogP contribution is -2.52. The van der Waals surface area contributed by atoms with Crippen LogP contribution in [0.4, 0.5) is 0 Å². The molecular weight excluding hydrogens is 196 g/mol. The Labute approximate surface area is 101 Å². The molecule has 0 radical (unpaired) electrons. The van der Waals surface area contributed by atoms with Crippen LogP contribution in [0.1, 0.15) is 52.9 Å². The highest BCUT2D eigenvalue weighted by Gasteiger charge is 2.37. The molecule has 2 nitrogen and oxygen atoms in total. The van der Waals surface area contributed by atoms with Gasteiger partial charge in [0.15, 0.2) is 0 Å². The van der Waals surface area contributed by atoms with Gasteiger partial charge in [0.05, 0.1) is 0 Å². The van der Waals surface area contributed by atoms with Crippen molar-refractivity contribution in [3.05, 3.63) is 0 Å². The maximum Gasteiger partial charge on any atom is 0.0252 e. The first-order valence-corrected chi connectivity index (χ1v) is 7.13.